The van der Waals surface area contributed by atoms with Crippen LogP contribution in [0.3, 0.4) is 0 Å². The molecule has 0 saturated heterocycles. The van der Waals surface area contributed by atoms with E-state index in [1.54, 1.807) is 11.8 Å². The Balaban J connectivity index is 0.000000656. The van der Waals surface area contributed by atoms with Gasteiger partial charge in [0.15, 0.2) is 0 Å². The van der Waals surface area contributed by atoms with Gasteiger partial charge in [0.25, 0.3) is 0 Å². The number of thioether (sulfide) groups is 1. The van der Waals surface area contributed by atoms with Crippen molar-refractivity contribution in [3.8, 4) is 0 Å². The number of carbonyl (C=O) groups is 2. The minimum atomic E-state index is -1.82. The van der Waals surface area contributed by atoms with E-state index in [1.807, 2.05) is 36.5 Å². The van der Waals surface area contributed by atoms with Crippen molar-refractivity contribution < 1.29 is 24.2 Å². The number of halogens is 1. The highest BCUT2D eigenvalue weighted by Crippen LogP contribution is 2.36. The van der Waals surface area contributed by atoms with Gasteiger partial charge < -0.3 is 10.2 Å². The molecule has 0 unspecified atom stereocenters. The van der Waals surface area contributed by atoms with Crippen molar-refractivity contribution in [2.75, 3.05) is 5.75 Å². The summed E-state index contributed by atoms with van der Waals surface area (Å²) in [6.45, 7) is 12.4. The Kier molecular flexibility index (Phi) is 9.03. The van der Waals surface area contributed by atoms with Gasteiger partial charge in [0.1, 0.15) is 5.82 Å². The van der Waals surface area contributed by atoms with Gasteiger partial charge in [0.2, 0.25) is 0 Å². The van der Waals surface area contributed by atoms with Crippen LogP contribution in [0.5, 0.6) is 0 Å². The maximum Gasteiger partial charge on any atom is 0.414 e. The molecule has 7 heteroatoms. The van der Waals surface area contributed by atoms with Crippen LogP contribution in [-0.2, 0) is 26.8 Å². The number of nitrogens with zero attached hydrogens (tertiary/aromatic N) is 1. The average Bonchev–Trinajstić information content (AvgIpc) is 2.62. The van der Waals surface area contributed by atoms with Gasteiger partial charge in [-0.15, -0.1) is 11.8 Å². The largest absolute Gasteiger partial charge is 0.473 e. The first-order valence-electron chi connectivity index (χ1n) is 9.57. The molecule has 0 aliphatic heterocycles. The number of hydrogen-bond acceptors (Lipinski definition) is 4. The van der Waals surface area contributed by atoms with Crippen LogP contribution in [0.15, 0.2) is 41.4 Å². The number of carboxylic acid groups (broad SMARTS) is 2. The van der Waals surface area contributed by atoms with Gasteiger partial charge in [-0.05, 0) is 52.6 Å². The summed E-state index contributed by atoms with van der Waals surface area (Å²) in [6, 6.07) is 10.0. The molecule has 2 rings (SSSR count). The van der Waals surface area contributed by atoms with Crippen LogP contribution in [-0.4, -0.2) is 32.9 Å². The number of rotatable bonds is 4. The fourth-order valence-corrected chi connectivity index (χ4v) is 3.54. The van der Waals surface area contributed by atoms with E-state index in [4.69, 9.17) is 19.8 Å². The molecule has 0 atom stereocenters. The van der Waals surface area contributed by atoms with Crippen LogP contribution in [0, 0.1) is 5.82 Å². The summed E-state index contributed by atoms with van der Waals surface area (Å²) in [6.07, 6.45) is 2.74. The smallest absolute Gasteiger partial charge is 0.414 e. The zero-order chi connectivity index (χ0) is 23.1. The van der Waals surface area contributed by atoms with Gasteiger partial charge in [-0.2, -0.15) is 0 Å². The van der Waals surface area contributed by atoms with E-state index < -0.39 is 11.9 Å². The summed E-state index contributed by atoms with van der Waals surface area (Å²) < 4.78 is 15.0. The molecule has 0 bridgehead atoms. The Bertz CT molecular complexity index is 824. The van der Waals surface area contributed by atoms with E-state index in [0.717, 1.165) is 33.9 Å². The van der Waals surface area contributed by atoms with Gasteiger partial charge >= 0.3 is 11.9 Å². The molecule has 2 N–H and O–H groups in total. The van der Waals surface area contributed by atoms with E-state index >= 15 is 4.39 Å². The van der Waals surface area contributed by atoms with Crippen molar-refractivity contribution in [2.45, 2.75) is 63.7 Å². The third kappa shape index (κ3) is 8.14. The molecular weight excluding hydrogens is 405 g/mol. The summed E-state index contributed by atoms with van der Waals surface area (Å²) >= 11 is 1.78. The zero-order valence-corrected chi connectivity index (χ0v) is 19.1. The quantitative estimate of drug-likeness (QED) is 0.500. The molecule has 1 aromatic carbocycles. The number of carboxylic acids is 2. The Morgan fingerprint density at radius 2 is 1.47 bits per heavy atom. The molecule has 0 spiro atoms. The number of pyridine rings is 1. The van der Waals surface area contributed by atoms with Crippen LogP contribution < -0.4 is 0 Å². The molecular formula is C23H30FNO4S. The predicted octanol–water partition coefficient (Wildman–Crippen LogP) is 5.31. The van der Waals surface area contributed by atoms with Crippen LogP contribution in [0.1, 0.15) is 58.4 Å². The minimum Gasteiger partial charge on any atom is -0.473 e. The molecule has 0 fully saturated rings. The van der Waals surface area contributed by atoms with Crippen LogP contribution in [0.25, 0.3) is 0 Å². The topological polar surface area (TPSA) is 87.5 Å². The van der Waals surface area contributed by atoms with E-state index in [9.17, 15) is 0 Å². The van der Waals surface area contributed by atoms with Crippen molar-refractivity contribution in [3.05, 3.63) is 59.2 Å². The molecule has 164 valence electrons. The van der Waals surface area contributed by atoms with Gasteiger partial charge in [-0.3, -0.25) is 4.98 Å². The van der Waals surface area contributed by atoms with Crippen molar-refractivity contribution in [1.82, 2.24) is 4.98 Å². The van der Waals surface area contributed by atoms with Crippen molar-refractivity contribution in [2.24, 2.45) is 0 Å². The lowest BCUT2D eigenvalue weighted by Crippen LogP contribution is -2.20. The minimum absolute atomic E-state index is 0.0518. The van der Waals surface area contributed by atoms with E-state index in [2.05, 4.69) is 46.5 Å². The lowest BCUT2D eigenvalue weighted by atomic mass is 9.80. The highest BCUT2D eigenvalue weighted by atomic mass is 32.2. The summed E-state index contributed by atoms with van der Waals surface area (Å²) in [5.41, 5.74) is 2.29. The summed E-state index contributed by atoms with van der Waals surface area (Å²) in [7, 11) is 0. The van der Waals surface area contributed by atoms with Crippen LogP contribution in [0.4, 0.5) is 4.39 Å². The Morgan fingerprint density at radius 3 is 1.83 bits per heavy atom. The molecule has 2 aromatic rings. The van der Waals surface area contributed by atoms with Crippen molar-refractivity contribution >= 4 is 23.7 Å². The average molecular weight is 436 g/mol. The molecule has 0 saturated carbocycles. The van der Waals surface area contributed by atoms with E-state index in [-0.39, 0.29) is 16.6 Å². The molecule has 5 nitrogen and oxygen atoms in total. The third-order valence-electron chi connectivity index (χ3n) is 4.20. The fourth-order valence-electron chi connectivity index (χ4n) is 2.59. The summed E-state index contributed by atoms with van der Waals surface area (Å²) in [5.74, 6) is -2.76. The lowest BCUT2D eigenvalue weighted by molar-refractivity contribution is -0.159. The first-order valence-corrected chi connectivity index (χ1v) is 10.6. The standard InChI is InChI=1S/C21H28FNS.C2H2O4/c1-20(2,3)17-13-16(14-18(19(17)22)21(4,5)6)24-12-10-15-9-7-8-11-23-15;3-1(4)2(5)6/h7-9,11,13-14H,10,12H2,1-6H3;(H,3,4)(H,5,6). The van der Waals surface area contributed by atoms with E-state index in [1.165, 1.54) is 0 Å². The normalized spacial score (nSPS) is 11.4. The van der Waals surface area contributed by atoms with Gasteiger partial charge in [-0.25, -0.2) is 14.0 Å². The monoisotopic (exact) mass is 435 g/mol. The SMILES string of the molecule is CC(C)(C)c1cc(SCCc2ccccn2)cc(C(C)(C)C)c1F.O=C(O)C(=O)O. The van der Waals surface area contributed by atoms with Gasteiger partial charge in [0.05, 0.1) is 0 Å². The molecule has 0 aliphatic carbocycles. The number of aliphatic carboxylic acids is 2. The number of benzene rings is 1. The first-order chi connectivity index (χ1) is 13.7. The number of hydrogen-bond donors (Lipinski definition) is 2. The maximum atomic E-state index is 15.0. The second kappa shape index (κ2) is 10.6. The summed E-state index contributed by atoms with van der Waals surface area (Å²) in [4.78, 5) is 23.7. The highest BCUT2D eigenvalue weighted by Gasteiger charge is 2.27. The Morgan fingerprint density at radius 1 is 0.967 bits per heavy atom. The molecule has 0 amide bonds. The zero-order valence-electron chi connectivity index (χ0n) is 18.3. The maximum absolute atomic E-state index is 15.0. The molecule has 1 aromatic heterocycles. The summed E-state index contributed by atoms with van der Waals surface area (Å²) in [5, 5.41) is 14.8. The fraction of sp³-hybridized carbons (Fsp3) is 0.435. The lowest BCUT2D eigenvalue weighted by Gasteiger charge is -2.27. The molecule has 0 radical (unpaired) electrons. The number of aromatic nitrogens is 1. The molecule has 0 aliphatic rings. The van der Waals surface area contributed by atoms with Crippen LogP contribution in [0.2, 0.25) is 0 Å². The Labute approximate surface area is 181 Å². The molecule has 30 heavy (non-hydrogen) atoms. The highest BCUT2D eigenvalue weighted by molar-refractivity contribution is 7.99. The predicted molar refractivity (Wildman–Crippen MR) is 118 cm³/mol. The van der Waals surface area contributed by atoms with Crippen molar-refractivity contribution in [3.63, 3.8) is 0 Å². The van der Waals surface area contributed by atoms with Crippen molar-refractivity contribution in [1.29, 1.82) is 0 Å². The first kappa shape index (κ1) is 25.6. The van der Waals surface area contributed by atoms with Crippen LogP contribution >= 0.6 is 11.8 Å². The molecule has 1 heterocycles. The number of aryl methyl sites for hydroxylation is 1. The second-order valence-electron chi connectivity index (χ2n) is 8.86. The second-order valence-corrected chi connectivity index (χ2v) is 10.0. The van der Waals surface area contributed by atoms with Gasteiger partial charge in [-0.1, -0.05) is 47.6 Å². The van der Waals surface area contributed by atoms with Gasteiger partial charge in [0, 0.05) is 22.5 Å². The van der Waals surface area contributed by atoms with E-state index in [0.29, 0.717) is 0 Å². The third-order valence-corrected chi connectivity index (χ3v) is 5.18. The Hall–Kier alpha value is -2.41.